The second-order valence-corrected chi connectivity index (χ2v) is 6.16. The van der Waals surface area contributed by atoms with Gasteiger partial charge in [0.1, 0.15) is 0 Å². The Labute approximate surface area is 102 Å². The van der Waals surface area contributed by atoms with Crippen molar-refractivity contribution in [2.75, 3.05) is 7.05 Å². The predicted molar refractivity (Wildman–Crippen MR) is 72.7 cm³/mol. The normalized spacial score (nSPS) is 31.9. The van der Waals surface area contributed by atoms with Crippen LogP contribution in [0, 0.1) is 11.3 Å². The van der Waals surface area contributed by atoms with Crippen LogP contribution in [0.4, 0.5) is 0 Å². The highest BCUT2D eigenvalue weighted by atomic mass is 14.9. The zero-order chi connectivity index (χ0) is 12.0. The number of nitrogens with one attached hydrogen (secondary N) is 1. The van der Waals surface area contributed by atoms with Crippen LogP contribution in [0.5, 0.6) is 0 Å². The summed E-state index contributed by atoms with van der Waals surface area (Å²) in [4.78, 5) is 0. The second kappa shape index (κ2) is 6.64. The molecule has 1 aliphatic carbocycles. The van der Waals surface area contributed by atoms with Gasteiger partial charge in [0, 0.05) is 6.04 Å². The van der Waals surface area contributed by atoms with Gasteiger partial charge >= 0.3 is 0 Å². The van der Waals surface area contributed by atoms with E-state index in [0.717, 1.165) is 12.0 Å². The van der Waals surface area contributed by atoms with Crippen molar-refractivity contribution in [2.45, 2.75) is 78.2 Å². The third-order valence-corrected chi connectivity index (χ3v) is 4.57. The van der Waals surface area contributed by atoms with E-state index in [1.165, 1.54) is 51.4 Å². The molecule has 1 saturated carbocycles. The van der Waals surface area contributed by atoms with Crippen molar-refractivity contribution in [2.24, 2.45) is 11.3 Å². The number of rotatable bonds is 7. The first-order chi connectivity index (χ1) is 7.63. The molecule has 0 heterocycles. The minimum Gasteiger partial charge on any atom is -0.317 e. The summed E-state index contributed by atoms with van der Waals surface area (Å²) >= 11 is 0. The van der Waals surface area contributed by atoms with Crippen molar-refractivity contribution in [3.8, 4) is 0 Å². The quantitative estimate of drug-likeness (QED) is 0.678. The summed E-state index contributed by atoms with van der Waals surface area (Å²) in [6.07, 6.45) is 11.3. The molecular weight excluding hydrogens is 194 g/mol. The summed E-state index contributed by atoms with van der Waals surface area (Å²) in [6, 6.07) is 0.786. The van der Waals surface area contributed by atoms with Gasteiger partial charge in [0.15, 0.2) is 0 Å². The van der Waals surface area contributed by atoms with Crippen LogP contribution < -0.4 is 5.32 Å². The van der Waals surface area contributed by atoms with Crippen LogP contribution in [0.25, 0.3) is 0 Å². The van der Waals surface area contributed by atoms with Crippen LogP contribution in [-0.2, 0) is 0 Å². The van der Waals surface area contributed by atoms with Gasteiger partial charge in [-0.15, -0.1) is 0 Å². The van der Waals surface area contributed by atoms with E-state index in [-0.39, 0.29) is 0 Å². The Kier molecular flexibility index (Phi) is 5.82. The van der Waals surface area contributed by atoms with Crippen LogP contribution >= 0.6 is 0 Å². The van der Waals surface area contributed by atoms with Crippen molar-refractivity contribution < 1.29 is 0 Å². The smallest absolute Gasteiger partial charge is 0.00694 e. The molecule has 0 aromatic rings. The highest BCUT2D eigenvalue weighted by Crippen LogP contribution is 2.44. The molecule has 0 spiro atoms. The maximum atomic E-state index is 3.45. The van der Waals surface area contributed by atoms with Gasteiger partial charge in [0.05, 0.1) is 0 Å². The summed E-state index contributed by atoms with van der Waals surface area (Å²) < 4.78 is 0. The molecule has 1 aliphatic rings. The second-order valence-electron chi connectivity index (χ2n) is 6.16. The van der Waals surface area contributed by atoms with E-state index in [1.54, 1.807) is 0 Å². The maximum Gasteiger partial charge on any atom is 0.00694 e. The Balaban J connectivity index is 2.38. The van der Waals surface area contributed by atoms with Gasteiger partial charge in [-0.05, 0) is 44.1 Å². The molecule has 3 atom stereocenters. The van der Waals surface area contributed by atoms with E-state index in [9.17, 15) is 0 Å². The molecule has 0 saturated heterocycles. The fourth-order valence-electron chi connectivity index (χ4n) is 3.39. The van der Waals surface area contributed by atoms with E-state index < -0.39 is 0 Å². The van der Waals surface area contributed by atoms with Crippen molar-refractivity contribution in [1.29, 1.82) is 0 Å². The molecule has 1 heteroatoms. The monoisotopic (exact) mass is 225 g/mol. The lowest BCUT2D eigenvalue weighted by Gasteiger charge is -2.29. The molecule has 0 amide bonds. The zero-order valence-electron chi connectivity index (χ0n) is 11.8. The lowest BCUT2D eigenvalue weighted by atomic mass is 9.77. The first-order valence-corrected chi connectivity index (χ1v) is 7.30. The van der Waals surface area contributed by atoms with Crippen molar-refractivity contribution in [3.05, 3.63) is 0 Å². The third-order valence-electron chi connectivity index (χ3n) is 4.57. The van der Waals surface area contributed by atoms with E-state index >= 15 is 0 Å². The van der Waals surface area contributed by atoms with Crippen molar-refractivity contribution in [3.63, 3.8) is 0 Å². The Hall–Kier alpha value is -0.0400. The average molecular weight is 225 g/mol. The Morgan fingerprint density at radius 3 is 2.62 bits per heavy atom. The lowest BCUT2D eigenvalue weighted by molar-refractivity contribution is 0.226. The van der Waals surface area contributed by atoms with E-state index in [4.69, 9.17) is 0 Å². The number of hydrogen-bond acceptors (Lipinski definition) is 1. The van der Waals surface area contributed by atoms with Gasteiger partial charge in [-0.3, -0.25) is 0 Å². The minimum absolute atomic E-state index is 0.627. The fraction of sp³-hybridized carbons (Fsp3) is 1.00. The Morgan fingerprint density at radius 2 is 2.12 bits per heavy atom. The molecule has 0 bridgehead atoms. The zero-order valence-corrected chi connectivity index (χ0v) is 11.8. The predicted octanol–water partition coefficient (Wildman–Crippen LogP) is 4.37. The highest BCUT2D eigenvalue weighted by molar-refractivity contribution is 4.90. The molecule has 0 aliphatic heterocycles. The molecule has 0 radical (unpaired) electrons. The van der Waals surface area contributed by atoms with Gasteiger partial charge in [0.25, 0.3) is 0 Å². The van der Waals surface area contributed by atoms with Crippen molar-refractivity contribution in [1.82, 2.24) is 5.32 Å². The number of unbranched alkanes of at least 4 members (excludes halogenated alkanes) is 1. The molecule has 0 aromatic heterocycles. The fourth-order valence-corrected chi connectivity index (χ4v) is 3.39. The lowest BCUT2D eigenvalue weighted by Crippen LogP contribution is -2.25. The summed E-state index contributed by atoms with van der Waals surface area (Å²) in [5.41, 5.74) is 0.627. The first-order valence-electron chi connectivity index (χ1n) is 7.30. The van der Waals surface area contributed by atoms with Crippen LogP contribution in [-0.4, -0.2) is 13.1 Å². The van der Waals surface area contributed by atoms with Gasteiger partial charge in [-0.25, -0.2) is 0 Å². The molecule has 0 aromatic carbocycles. The average Bonchev–Trinajstić information content (AvgIpc) is 2.66. The summed E-state index contributed by atoms with van der Waals surface area (Å²) in [5.74, 6) is 0.973. The molecule has 1 nitrogen and oxygen atoms in total. The molecule has 96 valence electrons. The SMILES string of the molecule is CCCCC(CC)CC1(C)CCC(NC)C1. The van der Waals surface area contributed by atoms with Gasteiger partial charge in [-0.2, -0.15) is 0 Å². The molecule has 3 unspecified atom stereocenters. The molecule has 16 heavy (non-hydrogen) atoms. The van der Waals surface area contributed by atoms with Crippen LogP contribution in [0.1, 0.15) is 72.1 Å². The Bertz CT molecular complexity index is 190. The topological polar surface area (TPSA) is 12.0 Å². The standard InChI is InChI=1S/C15H31N/c1-5-7-8-13(6-2)11-15(3)10-9-14(12-15)16-4/h13-14,16H,5-12H2,1-4H3. The van der Waals surface area contributed by atoms with E-state index in [1.807, 2.05) is 0 Å². The summed E-state index contributed by atoms with van der Waals surface area (Å²) in [7, 11) is 2.12. The molecular formula is C15H31N. The van der Waals surface area contributed by atoms with Crippen molar-refractivity contribution >= 4 is 0 Å². The first kappa shape index (κ1) is 14.0. The molecule has 1 fully saturated rings. The maximum absolute atomic E-state index is 3.45. The van der Waals surface area contributed by atoms with E-state index in [0.29, 0.717) is 5.41 Å². The molecule has 1 rings (SSSR count). The van der Waals surface area contributed by atoms with E-state index in [2.05, 4.69) is 33.1 Å². The minimum atomic E-state index is 0.627. The summed E-state index contributed by atoms with van der Waals surface area (Å²) in [5, 5.41) is 3.45. The summed E-state index contributed by atoms with van der Waals surface area (Å²) in [6.45, 7) is 7.19. The third kappa shape index (κ3) is 4.08. The van der Waals surface area contributed by atoms with Gasteiger partial charge < -0.3 is 5.32 Å². The highest BCUT2D eigenvalue weighted by Gasteiger charge is 2.35. The van der Waals surface area contributed by atoms with Gasteiger partial charge in [0.2, 0.25) is 0 Å². The number of hydrogen-bond donors (Lipinski definition) is 1. The molecule has 1 N–H and O–H groups in total. The van der Waals surface area contributed by atoms with Gasteiger partial charge in [-0.1, -0.05) is 46.5 Å². The van der Waals surface area contributed by atoms with Crippen LogP contribution in [0.2, 0.25) is 0 Å². The Morgan fingerprint density at radius 1 is 1.38 bits per heavy atom. The van der Waals surface area contributed by atoms with Crippen LogP contribution in [0.15, 0.2) is 0 Å². The van der Waals surface area contributed by atoms with Crippen LogP contribution in [0.3, 0.4) is 0 Å². The largest absolute Gasteiger partial charge is 0.317 e.